The number of rotatable bonds is 2. The van der Waals surface area contributed by atoms with Gasteiger partial charge in [0.1, 0.15) is 5.52 Å². The number of piperidine rings is 1. The van der Waals surface area contributed by atoms with E-state index in [0.29, 0.717) is 18.1 Å². The Hall–Kier alpha value is -1.75. The Labute approximate surface area is 105 Å². The van der Waals surface area contributed by atoms with Gasteiger partial charge in [0.15, 0.2) is 0 Å². The molecule has 18 heavy (non-hydrogen) atoms. The van der Waals surface area contributed by atoms with E-state index < -0.39 is 0 Å². The number of nitrogens with one attached hydrogen (secondary N) is 1. The van der Waals surface area contributed by atoms with Gasteiger partial charge < -0.3 is 5.32 Å². The van der Waals surface area contributed by atoms with Crippen LogP contribution >= 0.6 is 0 Å². The van der Waals surface area contributed by atoms with Crippen LogP contribution in [0.4, 0.5) is 0 Å². The summed E-state index contributed by atoms with van der Waals surface area (Å²) in [5.74, 6) is 0. The second-order valence-electron chi connectivity index (χ2n) is 4.72. The molecule has 0 saturated carbocycles. The molecular formula is C13H16N4O. The summed E-state index contributed by atoms with van der Waals surface area (Å²) in [6.45, 7) is 1.66. The molecule has 5 heteroatoms. The lowest BCUT2D eigenvalue weighted by Gasteiger charge is -2.23. The first kappa shape index (κ1) is 11.3. The van der Waals surface area contributed by atoms with E-state index in [4.69, 9.17) is 0 Å². The van der Waals surface area contributed by atoms with Crippen molar-refractivity contribution in [3.8, 4) is 0 Å². The third kappa shape index (κ3) is 2.13. The topological polar surface area (TPSA) is 59.8 Å². The van der Waals surface area contributed by atoms with E-state index in [2.05, 4.69) is 15.4 Å². The lowest BCUT2D eigenvalue weighted by Crippen LogP contribution is -2.40. The van der Waals surface area contributed by atoms with E-state index in [1.807, 2.05) is 12.1 Å². The Morgan fingerprint density at radius 1 is 1.44 bits per heavy atom. The van der Waals surface area contributed by atoms with Crippen LogP contribution in [0.5, 0.6) is 0 Å². The van der Waals surface area contributed by atoms with Crippen LogP contribution in [0, 0.1) is 0 Å². The van der Waals surface area contributed by atoms with Crippen molar-refractivity contribution in [1.29, 1.82) is 0 Å². The molecule has 0 aromatic carbocycles. The minimum absolute atomic E-state index is 0.0968. The number of hydrogen-bond acceptors (Lipinski definition) is 4. The van der Waals surface area contributed by atoms with Crippen molar-refractivity contribution in [1.82, 2.24) is 20.1 Å². The van der Waals surface area contributed by atoms with E-state index in [1.165, 1.54) is 17.5 Å². The highest BCUT2D eigenvalue weighted by molar-refractivity contribution is 5.75. The van der Waals surface area contributed by atoms with Gasteiger partial charge >= 0.3 is 0 Å². The minimum atomic E-state index is -0.0968. The molecular weight excluding hydrogens is 228 g/mol. The Bertz CT molecular complexity index is 601. The molecule has 0 bridgehead atoms. The van der Waals surface area contributed by atoms with Gasteiger partial charge in [-0.05, 0) is 31.5 Å². The van der Waals surface area contributed by atoms with Crippen molar-refractivity contribution in [2.45, 2.75) is 31.8 Å². The zero-order valence-corrected chi connectivity index (χ0v) is 10.2. The van der Waals surface area contributed by atoms with Crippen molar-refractivity contribution in [2.75, 3.05) is 6.54 Å². The lowest BCUT2D eigenvalue weighted by atomic mass is 10.1. The van der Waals surface area contributed by atoms with Crippen molar-refractivity contribution in [3.63, 3.8) is 0 Å². The first-order chi connectivity index (χ1) is 8.84. The Kier molecular flexibility index (Phi) is 3.06. The highest BCUT2D eigenvalue weighted by Crippen LogP contribution is 2.09. The summed E-state index contributed by atoms with van der Waals surface area (Å²) in [5, 5.41) is 8.45. The lowest BCUT2D eigenvalue weighted by molar-refractivity contribution is 0.346. The molecule has 2 aromatic rings. The van der Waals surface area contributed by atoms with E-state index in [0.717, 1.165) is 18.4 Å². The number of pyridine rings is 1. The van der Waals surface area contributed by atoms with Crippen LogP contribution in [0.1, 0.15) is 19.3 Å². The molecule has 1 N–H and O–H groups in total. The predicted octanol–water partition coefficient (Wildman–Crippen LogP) is 0.934. The van der Waals surface area contributed by atoms with E-state index >= 15 is 0 Å². The van der Waals surface area contributed by atoms with Gasteiger partial charge in [-0.25, -0.2) is 4.68 Å². The van der Waals surface area contributed by atoms with Crippen molar-refractivity contribution >= 4 is 10.9 Å². The monoisotopic (exact) mass is 244 g/mol. The summed E-state index contributed by atoms with van der Waals surface area (Å²) in [7, 11) is 0. The van der Waals surface area contributed by atoms with E-state index in [-0.39, 0.29) is 5.56 Å². The molecule has 1 saturated heterocycles. The largest absolute Gasteiger partial charge is 0.312 e. The Balaban J connectivity index is 1.92. The van der Waals surface area contributed by atoms with Crippen LogP contribution in [-0.4, -0.2) is 27.4 Å². The van der Waals surface area contributed by atoms with Gasteiger partial charge in [0, 0.05) is 17.6 Å². The first-order valence-electron chi connectivity index (χ1n) is 6.39. The fourth-order valence-corrected chi connectivity index (χ4v) is 2.43. The molecule has 94 valence electrons. The van der Waals surface area contributed by atoms with Gasteiger partial charge in [-0.2, -0.15) is 5.10 Å². The maximum absolute atomic E-state index is 12.2. The van der Waals surface area contributed by atoms with E-state index in [9.17, 15) is 4.79 Å². The van der Waals surface area contributed by atoms with Crippen LogP contribution in [0.15, 0.2) is 29.3 Å². The Morgan fingerprint density at radius 3 is 3.22 bits per heavy atom. The normalized spacial score (nSPS) is 20.1. The fraction of sp³-hybridized carbons (Fsp3) is 0.462. The van der Waals surface area contributed by atoms with Gasteiger partial charge in [0.2, 0.25) is 0 Å². The third-order valence-electron chi connectivity index (χ3n) is 3.42. The maximum Gasteiger partial charge on any atom is 0.293 e. The fourth-order valence-electron chi connectivity index (χ4n) is 2.43. The molecule has 1 fully saturated rings. The average molecular weight is 244 g/mol. The SMILES string of the molecule is O=c1c2ncccc2cnn1C[C@H]1CCCCN1. The summed E-state index contributed by atoms with van der Waals surface area (Å²) >= 11 is 0. The molecule has 0 spiro atoms. The third-order valence-corrected chi connectivity index (χ3v) is 3.42. The second-order valence-corrected chi connectivity index (χ2v) is 4.72. The molecule has 1 aliphatic rings. The standard InChI is InChI=1S/C13H16N4O/c18-13-12-10(4-3-7-15-12)8-16-17(13)9-11-5-1-2-6-14-11/h3-4,7-8,11,14H,1-2,5-6,9H2/t11-/m1/s1. The second kappa shape index (κ2) is 4.86. The summed E-state index contributed by atoms with van der Waals surface area (Å²) < 4.78 is 1.53. The van der Waals surface area contributed by atoms with Gasteiger partial charge in [-0.1, -0.05) is 6.42 Å². The van der Waals surface area contributed by atoms with Gasteiger partial charge in [0.05, 0.1) is 12.7 Å². The average Bonchev–Trinajstić information content (AvgIpc) is 2.43. The summed E-state index contributed by atoms with van der Waals surface area (Å²) in [5.41, 5.74) is 0.406. The van der Waals surface area contributed by atoms with Crippen molar-refractivity contribution < 1.29 is 0 Å². The zero-order valence-electron chi connectivity index (χ0n) is 10.2. The van der Waals surface area contributed by atoms with Crippen molar-refractivity contribution in [3.05, 3.63) is 34.9 Å². The molecule has 0 radical (unpaired) electrons. The quantitative estimate of drug-likeness (QED) is 0.854. The van der Waals surface area contributed by atoms with Crippen molar-refractivity contribution in [2.24, 2.45) is 0 Å². The maximum atomic E-state index is 12.2. The first-order valence-corrected chi connectivity index (χ1v) is 6.39. The number of fused-ring (bicyclic) bond motifs is 1. The van der Waals surface area contributed by atoms with Crippen LogP contribution in [0.2, 0.25) is 0 Å². The summed E-state index contributed by atoms with van der Waals surface area (Å²) in [6, 6.07) is 4.03. The highest BCUT2D eigenvalue weighted by atomic mass is 16.1. The molecule has 5 nitrogen and oxygen atoms in total. The number of hydrogen-bond donors (Lipinski definition) is 1. The number of aromatic nitrogens is 3. The smallest absolute Gasteiger partial charge is 0.293 e. The molecule has 0 unspecified atom stereocenters. The molecule has 2 aromatic heterocycles. The predicted molar refractivity (Wildman–Crippen MR) is 69.4 cm³/mol. The molecule has 1 aliphatic heterocycles. The van der Waals surface area contributed by atoms with Crippen LogP contribution in [-0.2, 0) is 6.54 Å². The molecule has 3 heterocycles. The van der Waals surface area contributed by atoms with Gasteiger partial charge in [0.25, 0.3) is 5.56 Å². The van der Waals surface area contributed by atoms with E-state index in [1.54, 1.807) is 12.4 Å². The molecule has 3 rings (SSSR count). The Morgan fingerprint density at radius 2 is 2.39 bits per heavy atom. The molecule has 0 amide bonds. The van der Waals surface area contributed by atoms with Crippen LogP contribution < -0.4 is 10.9 Å². The number of nitrogens with zero attached hydrogens (tertiary/aromatic N) is 3. The molecule has 1 atom stereocenters. The van der Waals surface area contributed by atoms with Gasteiger partial charge in [-0.3, -0.25) is 9.78 Å². The van der Waals surface area contributed by atoms with Crippen LogP contribution in [0.25, 0.3) is 10.9 Å². The highest BCUT2D eigenvalue weighted by Gasteiger charge is 2.15. The minimum Gasteiger partial charge on any atom is -0.312 e. The molecule has 0 aliphatic carbocycles. The van der Waals surface area contributed by atoms with Gasteiger partial charge in [-0.15, -0.1) is 0 Å². The van der Waals surface area contributed by atoms with Crippen LogP contribution in [0.3, 0.4) is 0 Å². The summed E-state index contributed by atoms with van der Waals surface area (Å²) in [4.78, 5) is 16.4. The summed E-state index contributed by atoms with van der Waals surface area (Å²) in [6.07, 6.45) is 6.91. The zero-order chi connectivity index (χ0) is 12.4.